The van der Waals surface area contributed by atoms with Gasteiger partial charge in [-0.3, -0.25) is 0 Å². The third kappa shape index (κ3) is 1.49. The van der Waals surface area contributed by atoms with Gasteiger partial charge >= 0.3 is 0 Å². The lowest BCUT2D eigenvalue weighted by atomic mass is 9.88. The number of hydrogen-bond acceptors (Lipinski definition) is 5. The monoisotopic (exact) mass is 170 g/mol. The summed E-state index contributed by atoms with van der Waals surface area (Å²) in [5, 5.41) is 8.07. The van der Waals surface area contributed by atoms with Crippen molar-refractivity contribution in [3.8, 4) is 0 Å². The summed E-state index contributed by atoms with van der Waals surface area (Å²) in [5.74, 6) is 0. The van der Waals surface area contributed by atoms with Crippen LogP contribution in [0.5, 0.6) is 0 Å². The molecule has 1 fully saturated rings. The summed E-state index contributed by atoms with van der Waals surface area (Å²) in [5.41, 5.74) is 5.63. The van der Waals surface area contributed by atoms with Crippen LogP contribution in [0.4, 0.5) is 5.00 Å². The van der Waals surface area contributed by atoms with Crippen LogP contribution in [0.3, 0.4) is 0 Å². The van der Waals surface area contributed by atoms with Crippen LogP contribution < -0.4 is 11.1 Å². The molecular weight excluding hydrogens is 160 g/mol. The molecule has 0 bridgehead atoms. The Kier molecular flexibility index (Phi) is 1.75. The molecule has 3 N–H and O–H groups in total. The molecule has 0 spiro atoms. The molecular formula is C6H10N4S. The van der Waals surface area contributed by atoms with Crippen LogP contribution in [0.25, 0.3) is 0 Å². The normalized spacial score (nSPS) is 29.5. The van der Waals surface area contributed by atoms with E-state index in [1.165, 1.54) is 11.5 Å². The Labute approximate surface area is 69.0 Å². The van der Waals surface area contributed by atoms with Crippen LogP contribution in [-0.4, -0.2) is 21.7 Å². The van der Waals surface area contributed by atoms with Crippen molar-refractivity contribution >= 4 is 16.5 Å². The average molecular weight is 170 g/mol. The van der Waals surface area contributed by atoms with Gasteiger partial charge in [0.2, 0.25) is 0 Å². The van der Waals surface area contributed by atoms with Crippen molar-refractivity contribution in [2.24, 2.45) is 5.73 Å². The standard InChI is InChI=1S/C6H10N4S/c7-4-1-5(2-4)9-6-3-8-10-11-6/h3-5,9H,1-2,7H2. The average Bonchev–Trinajstić information content (AvgIpc) is 2.36. The number of aromatic nitrogens is 2. The molecule has 1 heterocycles. The summed E-state index contributed by atoms with van der Waals surface area (Å²) in [6.07, 6.45) is 3.88. The highest BCUT2D eigenvalue weighted by Gasteiger charge is 2.25. The Morgan fingerprint density at radius 2 is 2.45 bits per heavy atom. The van der Waals surface area contributed by atoms with Gasteiger partial charge in [-0.1, -0.05) is 4.49 Å². The number of anilines is 1. The van der Waals surface area contributed by atoms with Gasteiger partial charge in [-0.05, 0) is 12.8 Å². The fourth-order valence-electron chi connectivity index (χ4n) is 1.21. The molecule has 1 aromatic heterocycles. The molecule has 0 atom stereocenters. The van der Waals surface area contributed by atoms with Crippen LogP contribution in [0, 0.1) is 0 Å². The summed E-state index contributed by atoms with van der Waals surface area (Å²) >= 11 is 1.39. The zero-order chi connectivity index (χ0) is 7.68. The first-order valence-electron chi connectivity index (χ1n) is 3.64. The number of hydrogen-bond donors (Lipinski definition) is 2. The second-order valence-electron chi connectivity index (χ2n) is 2.85. The van der Waals surface area contributed by atoms with Crippen LogP contribution in [0.1, 0.15) is 12.8 Å². The predicted molar refractivity (Wildman–Crippen MR) is 44.5 cm³/mol. The Hall–Kier alpha value is -0.680. The third-order valence-corrected chi connectivity index (χ3v) is 2.48. The fourth-order valence-corrected chi connectivity index (χ4v) is 1.71. The smallest absolute Gasteiger partial charge is 0.130 e. The number of nitrogens with one attached hydrogen (secondary N) is 1. The van der Waals surface area contributed by atoms with Gasteiger partial charge in [-0.15, -0.1) is 5.10 Å². The van der Waals surface area contributed by atoms with E-state index >= 15 is 0 Å². The Bertz CT molecular complexity index is 216. The topological polar surface area (TPSA) is 63.8 Å². The van der Waals surface area contributed by atoms with E-state index in [-0.39, 0.29) is 0 Å². The molecule has 1 aromatic rings. The first-order chi connectivity index (χ1) is 5.34. The van der Waals surface area contributed by atoms with E-state index < -0.39 is 0 Å². The molecule has 60 valence electrons. The molecule has 11 heavy (non-hydrogen) atoms. The first-order valence-corrected chi connectivity index (χ1v) is 4.41. The van der Waals surface area contributed by atoms with Crippen molar-refractivity contribution in [2.45, 2.75) is 24.9 Å². The predicted octanol–water partition coefficient (Wildman–Crippen LogP) is 0.440. The van der Waals surface area contributed by atoms with Crippen molar-refractivity contribution < 1.29 is 0 Å². The number of nitrogens with two attached hydrogens (primary N) is 1. The van der Waals surface area contributed by atoms with E-state index in [2.05, 4.69) is 14.9 Å². The van der Waals surface area contributed by atoms with Gasteiger partial charge < -0.3 is 11.1 Å². The highest BCUT2D eigenvalue weighted by Crippen LogP contribution is 2.23. The van der Waals surface area contributed by atoms with E-state index in [0.29, 0.717) is 12.1 Å². The van der Waals surface area contributed by atoms with Crippen molar-refractivity contribution in [2.75, 3.05) is 5.32 Å². The maximum atomic E-state index is 5.63. The Morgan fingerprint density at radius 1 is 1.64 bits per heavy atom. The highest BCUT2D eigenvalue weighted by molar-refractivity contribution is 7.09. The maximum Gasteiger partial charge on any atom is 0.130 e. The summed E-state index contributed by atoms with van der Waals surface area (Å²) in [4.78, 5) is 0. The molecule has 0 unspecified atom stereocenters. The Morgan fingerprint density at radius 3 is 3.00 bits per heavy atom. The van der Waals surface area contributed by atoms with E-state index in [9.17, 15) is 0 Å². The minimum atomic E-state index is 0.397. The van der Waals surface area contributed by atoms with Crippen LogP contribution in [0.2, 0.25) is 0 Å². The zero-order valence-corrected chi connectivity index (χ0v) is 6.84. The second kappa shape index (κ2) is 2.75. The molecule has 1 saturated carbocycles. The fraction of sp³-hybridized carbons (Fsp3) is 0.667. The molecule has 1 aliphatic carbocycles. The van der Waals surface area contributed by atoms with Gasteiger partial charge in [0.15, 0.2) is 0 Å². The maximum absolute atomic E-state index is 5.63. The van der Waals surface area contributed by atoms with Crippen molar-refractivity contribution in [3.05, 3.63) is 6.20 Å². The van der Waals surface area contributed by atoms with Gasteiger partial charge in [-0.25, -0.2) is 0 Å². The summed E-state index contributed by atoms with van der Waals surface area (Å²) in [6.45, 7) is 0. The van der Waals surface area contributed by atoms with Crippen molar-refractivity contribution in [1.82, 2.24) is 9.59 Å². The lowest BCUT2D eigenvalue weighted by Crippen LogP contribution is -2.44. The van der Waals surface area contributed by atoms with Crippen LogP contribution in [0.15, 0.2) is 6.20 Å². The van der Waals surface area contributed by atoms with Crippen molar-refractivity contribution in [3.63, 3.8) is 0 Å². The SMILES string of the molecule is NC1CC(Nc2cnns2)C1. The molecule has 0 amide bonds. The van der Waals surface area contributed by atoms with Crippen LogP contribution >= 0.6 is 11.5 Å². The quantitative estimate of drug-likeness (QED) is 0.676. The third-order valence-electron chi connectivity index (χ3n) is 1.88. The number of rotatable bonds is 2. The molecule has 5 heteroatoms. The van der Waals surface area contributed by atoms with E-state index in [4.69, 9.17) is 5.73 Å². The minimum Gasteiger partial charge on any atom is -0.371 e. The summed E-state index contributed by atoms with van der Waals surface area (Å²) in [7, 11) is 0. The van der Waals surface area contributed by atoms with Gasteiger partial charge in [0.25, 0.3) is 0 Å². The molecule has 2 rings (SSSR count). The summed E-state index contributed by atoms with van der Waals surface area (Å²) < 4.78 is 3.75. The first kappa shape index (κ1) is 7.00. The lowest BCUT2D eigenvalue weighted by Gasteiger charge is -2.32. The molecule has 0 aromatic carbocycles. The van der Waals surface area contributed by atoms with Gasteiger partial charge in [0.05, 0.1) is 6.20 Å². The van der Waals surface area contributed by atoms with Gasteiger partial charge in [-0.2, -0.15) is 0 Å². The van der Waals surface area contributed by atoms with Gasteiger partial charge in [0, 0.05) is 23.6 Å². The van der Waals surface area contributed by atoms with E-state index in [1.807, 2.05) is 0 Å². The lowest BCUT2D eigenvalue weighted by molar-refractivity contribution is 0.374. The summed E-state index contributed by atoms with van der Waals surface area (Å²) in [6, 6.07) is 0.945. The molecule has 0 radical (unpaired) electrons. The highest BCUT2D eigenvalue weighted by atomic mass is 32.1. The van der Waals surface area contributed by atoms with Crippen molar-refractivity contribution in [1.29, 1.82) is 0 Å². The Balaban J connectivity index is 1.84. The molecule has 1 aliphatic rings. The molecule has 0 aliphatic heterocycles. The zero-order valence-electron chi connectivity index (χ0n) is 6.03. The second-order valence-corrected chi connectivity index (χ2v) is 3.64. The van der Waals surface area contributed by atoms with E-state index in [0.717, 1.165) is 17.8 Å². The number of nitrogens with zero attached hydrogens (tertiary/aromatic N) is 2. The minimum absolute atomic E-state index is 0.397. The molecule has 0 saturated heterocycles. The van der Waals surface area contributed by atoms with E-state index in [1.54, 1.807) is 6.20 Å². The largest absolute Gasteiger partial charge is 0.371 e. The van der Waals surface area contributed by atoms with Gasteiger partial charge in [0.1, 0.15) is 5.00 Å². The molecule has 4 nitrogen and oxygen atoms in total. The van der Waals surface area contributed by atoms with Crippen LogP contribution in [-0.2, 0) is 0 Å².